The number of hydrogen-bond acceptors (Lipinski definition) is 6. The zero-order chi connectivity index (χ0) is 21.6. The SMILES string of the molecule is COc1ccc(N2CCN(C(=O)Cc3csc(SCc4ccc(F)cc4)n3)CC2)cc1. The Bertz CT molecular complexity index is 1000. The third-order valence-corrected chi connectivity index (χ3v) is 7.35. The van der Waals surface area contributed by atoms with Crippen molar-refractivity contribution in [1.29, 1.82) is 0 Å². The number of amides is 1. The summed E-state index contributed by atoms with van der Waals surface area (Å²) in [5.41, 5.74) is 3.01. The second-order valence-electron chi connectivity index (χ2n) is 7.26. The molecule has 4 rings (SSSR count). The molecule has 1 aromatic heterocycles. The Morgan fingerprint density at radius 3 is 2.48 bits per heavy atom. The minimum Gasteiger partial charge on any atom is -0.497 e. The van der Waals surface area contributed by atoms with Gasteiger partial charge in [0.1, 0.15) is 15.9 Å². The second-order valence-corrected chi connectivity index (χ2v) is 9.34. The average molecular weight is 458 g/mol. The third-order valence-electron chi connectivity index (χ3n) is 5.21. The molecule has 2 aromatic carbocycles. The van der Waals surface area contributed by atoms with Crippen LogP contribution >= 0.6 is 23.1 Å². The maximum Gasteiger partial charge on any atom is 0.228 e. The molecule has 0 spiro atoms. The Labute approximate surface area is 189 Å². The van der Waals surface area contributed by atoms with Crippen LogP contribution in [0.15, 0.2) is 58.3 Å². The molecule has 0 saturated carbocycles. The van der Waals surface area contributed by atoms with Crippen LogP contribution in [-0.4, -0.2) is 49.1 Å². The van der Waals surface area contributed by atoms with Gasteiger partial charge in [0.25, 0.3) is 0 Å². The third kappa shape index (κ3) is 5.77. The number of carbonyl (C=O) groups excluding carboxylic acids is 1. The zero-order valence-corrected chi connectivity index (χ0v) is 18.9. The van der Waals surface area contributed by atoms with Crippen molar-refractivity contribution in [2.24, 2.45) is 0 Å². The topological polar surface area (TPSA) is 45.7 Å². The highest BCUT2D eigenvalue weighted by molar-refractivity contribution is 8.00. The normalized spacial score (nSPS) is 14.0. The molecule has 0 aliphatic carbocycles. The fourth-order valence-electron chi connectivity index (χ4n) is 3.44. The van der Waals surface area contributed by atoms with Gasteiger partial charge in [0.15, 0.2) is 0 Å². The van der Waals surface area contributed by atoms with Gasteiger partial charge in [0, 0.05) is 43.0 Å². The number of carbonyl (C=O) groups is 1. The van der Waals surface area contributed by atoms with Crippen molar-refractivity contribution < 1.29 is 13.9 Å². The maximum absolute atomic E-state index is 13.0. The Hall–Kier alpha value is -2.58. The number of nitrogens with zero attached hydrogens (tertiary/aromatic N) is 3. The molecule has 3 aromatic rings. The number of piperazine rings is 1. The first-order valence-corrected chi connectivity index (χ1v) is 12.0. The van der Waals surface area contributed by atoms with Crippen molar-refractivity contribution in [3.63, 3.8) is 0 Å². The summed E-state index contributed by atoms with van der Waals surface area (Å²) in [7, 11) is 1.66. The van der Waals surface area contributed by atoms with E-state index in [9.17, 15) is 9.18 Å². The van der Waals surface area contributed by atoms with E-state index in [2.05, 4.69) is 22.0 Å². The molecular formula is C23H24FN3O2S2. The number of benzene rings is 2. The largest absolute Gasteiger partial charge is 0.497 e. The molecule has 1 aliphatic heterocycles. The number of aromatic nitrogens is 1. The Morgan fingerprint density at radius 2 is 1.81 bits per heavy atom. The zero-order valence-electron chi connectivity index (χ0n) is 17.3. The van der Waals surface area contributed by atoms with Crippen LogP contribution in [0.25, 0.3) is 0 Å². The summed E-state index contributed by atoms with van der Waals surface area (Å²) in [6.45, 7) is 3.05. The molecule has 2 heterocycles. The van der Waals surface area contributed by atoms with Gasteiger partial charge in [-0.3, -0.25) is 4.79 Å². The number of thiazole rings is 1. The summed E-state index contributed by atoms with van der Waals surface area (Å²) in [5, 5.41) is 1.96. The van der Waals surface area contributed by atoms with Crippen LogP contribution in [0.5, 0.6) is 5.75 Å². The van der Waals surface area contributed by atoms with Crippen LogP contribution in [0.2, 0.25) is 0 Å². The summed E-state index contributed by atoms with van der Waals surface area (Å²) >= 11 is 3.16. The van der Waals surface area contributed by atoms with Gasteiger partial charge in [-0.1, -0.05) is 23.9 Å². The highest BCUT2D eigenvalue weighted by atomic mass is 32.2. The molecule has 0 atom stereocenters. The quantitative estimate of drug-likeness (QED) is 0.490. The summed E-state index contributed by atoms with van der Waals surface area (Å²) in [6, 6.07) is 14.5. The van der Waals surface area contributed by atoms with Crippen LogP contribution in [0.4, 0.5) is 10.1 Å². The molecule has 162 valence electrons. The predicted molar refractivity (Wildman–Crippen MR) is 124 cm³/mol. The number of methoxy groups -OCH3 is 1. The lowest BCUT2D eigenvalue weighted by atomic mass is 10.2. The molecule has 0 unspecified atom stereocenters. The molecule has 5 nitrogen and oxygen atoms in total. The molecular weight excluding hydrogens is 433 g/mol. The van der Waals surface area contributed by atoms with E-state index in [0.29, 0.717) is 19.5 Å². The average Bonchev–Trinajstić information content (AvgIpc) is 3.26. The van der Waals surface area contributed by atoms with Crippen molar-refractivity contribution in [1.82, 2.24) is 9.88 Å². The van der Waals surface area contributed by atoms with Gasteiger partial charge < -0.3 is 14.5 Å². The number of anilines is 1. The standard InChI is InChI=1S/C23H24FN3O2S2/c1-29-21-8-6-20(7-9-21)26-10-12-27(13-11-26)22(28)14-19-16-31-23(25-19)30-15-17-2-4-18(24)5-3-17/h2-9,16H,10-15H2,1H3. The molecule has 1 amide bonds. The Kier molecular flexibility index (Phi) is 7.09. The summed E-state index contributed by atoms with van der Waals surface area (Å²) in [4.78, 5) is 21.5. The minimum atomic E-state index is -0.228. The van der Waals surface area contributed by atoms with Crippen LogP contribution < -0.4 is 9.64 Å². The first kappa shape index (κ1) is 21.6. The Balaban J connectivity index is 1.25. The monoisotopic (exact) mass is 457 g/mol. The van der Waals surface area contributed by atoms with Crippen molar-refractivity contribution in [3.05, 3.63) is 71.0 Å². The van der Waals surface area contributed by atoms with Gasteiger partial charge >= 0.3 is 0 Å². The fourth-order valence-corrected chi connectivity index (χ4v) is 5.24. The van der Waals surface area contributed by atoms with E-state index in [4.69, 9.17) is 4.74 Å². The number of thioether (sulfide) groups is 1. The minimum absolute atomic E-state index is 0.120. The molecule has 1 fully saturated rings. The summed E-state index contributed by atoms with van der Waals surface area (Å²) in [5.74, 6) is 1.47. The number of hydrogen-bond donors (Lipinski definition) is 0. The van der Waals surface area contributed by atoms with Crippen LogP contribution in [-0.2, 0) is 17.0 Å². The molecule has 0 bridgehead atoms. The van der Waals surface area contributed by atoms with E-state index < -0.39 is 0 Å². The molecule has 1 saturated heterocycles. The van der Waals surface area contributed by atoms with Gasteiger partial charge in [0.05, 0.1) is 19.2 Å². The van der Waals surface area contributed by atoms with E-state index in [1.54, 1.807) is 42.3 Å². The van der Waals surface area contributed by atoms with E-state index in [0.717, 1.165) is 45.9 Å². The second kappa shape index (κ2) is 10.2. The predicted octanol–water partition coefficient (Wildman–Crippen LogP) is 4.47. The van der Waals surface area contributed by atoms with Gasteiger partial charge in [-0.15, -0.1) is 11.3 Å². The molecule has 0 radical (unpaired) electrons. The lowest BCUT2D eigenvalue weighted by Crippen LogP contribution is -2.49. The van der Waals surface area contributed by atoms with Gasteiger partial charge in [-0.25, -0.2) is 9.37 Å². The van der Waals surface area contributed by atoms with Gasteiger partial charge in [-0.05, 0) is 42.0 Å². The molecule has 31 heavy (non-hydrogen) atoms. The van der Waals surface area contributed by atoms with Crippen molar-refractivity contribution >= 4 is 34.7 Å². The van der Waals surface area contributed by atoms with Gasteiger partial charge in [-0.2, -0.15) is 0 Å². The maximum atomic E-state index is 13.0. The lowest BCUT2D eigenvalue weighted by Gasteiger charge is -2.36. The van der Waals surface area contributed by atoms with Crippen molar-refractivity contribution in [2.75, 3.05) is 38.2 Å². The molecule has 8 heteroatoms. The van der Waals surface area contributed by atoms with Crippen LogP contribution in [0, 0.1) is 5.82 Å². The van der Waals surface area contributed by atoms with E-state index >= 15 is 0 Å². The van der Waals surface area contributed by atoms with Crippen molar-refractivity contribution in [3.8, 4) is 5.75 Å². The van der Waals surface area contributed by atoms with E-state index in [-0.39, 0.29) is 11.7 Å². The lowest BCUT2D eigenvalue weighted by molar-refractivity contribution is -0.130. The van der Waals surface area contributed by atoms with Gasteiger partial charge in [0.2, 0.25) is 5.91 Å². The number of ether oxygens (including phenoxy) is 1. The molecule has 1 aliphatic rings. The number of halogens is 1. The van der Waals surface area contributed by atoms with Crippen LogP contribution in [0.3, 0.4) is 0 Å². The summed E-state index contributed by atoms with van der Waals surface area (Å²) < 4.78 is 19.1. The number of rotatable bonds is 7. The smallest absolute Gasteiger partial charge is 0.228 e. The van der Waals surface area contributed by atoms with Crippen LogP contribution in [0.1, 0.15) is 11.3 Å². The van der Waals surface area contributed by atoms with E-state index in [1.165, 1.54) is 12.1 Å². The first-order valence-electron chi connectivity index (χ1n) is 10.1. The Morgan fingerprint density at radius 1 is 1.10 bits per heavy atom. The highest BCUT2D eigenvalue weighted by Gasteiger charge is 2.22. The summed E-state index contributed by atoms with van der Waals surface area (Å²) in [6.07, 6.45) is 0.330. The van der Waals surface area contributed by atoms with E-state index in [1.807, 2.05) is 22.4 Å². The fraction of sp³-hybridized carbons (Fsp3) is 0.304. The van der Waals surface area contributed by atoms with Crippen molar-refractivity contribution in [2.45, 2.75) is 16.5 Å². The highest BCUT2D eigenvalue weighted by Crippen LogP contribution is 2.27. The molecule has 0 N–H and O–H groups in total. The first-order chi connectivity index (χ1) is 15.1.